The Morgan fingerprint density at radius 3 is 2.44 bits per heavy atom. The van der Waals surface area contributed by atoms with Crippen LogP contribution < -0.4 is 5.73 Å². The van der Waals surface area contributed by atoms with Crippen LogP contribution in [0.2, 0.25) is 0 Å². The van der Waals surface area contributed by atoms with Crippen molar-refractivity contribution in [1.82, 2.24) is 5.01 Å². The summed E-state index contributed by atoms with van der Waals surface area (Å²) in [4.78, 5) is 19.9. The Kier molecular flexibility index (Phi) is 3.34. The minimum absolute atomic E-state index is 0.291. The molecule has 0 heterocycles. The summed E-state index contributed by atoms with van der Waals surface area (Å²) >= 11 is 0. The lowest BCUT2D eigenvalue weighted by Crippen LogP contribution is -2.31. The molecule has 5 heteroatoms. The van der Waals surface area contributed by atoms with Gasteiger partial charge in [0.15, 0.2) is 0 Å². The van der Waals surface area contributed by atoms with E-state index in [0.717, 1.165) is 0 Å². The number of nitrogens with zero attached hydrogens (tertiary/aromatic N) is 2. The second-order valence-corrected chi connectivity index (χ2v) is 1.54. The van der Waals surface area contributed by atoms with E-state index in [1.807, 2.05) is 6.92 Å². The van der Waals surface area contributed by atoms with Crippen molar-refractivity contribution in [3.05, 3.63) is 4.91 Å². The molecule has 0 aliphatic heterocycles. The molecule has 2 N–H and O–H groups in total. The topological polar surface area (TPSA) is 75.8 Å². The maximum Gasteiger partial charge on any atom is 0.337 e. The summed E-state index contributed by atoms with van der Waals surface area (Å²) in [5.41, 5.74) is 4.73. The molecule has 52 valence electrons. The number of rotatable bonds is 3. The first-order valence-corrected chi connectivity index (χ1v) is 2.62. The molecule has 0 aromatic carbocycles. The van der Waals surface area contributed by atoms with Crippen molar-refractivity contribution in [3.8, 4) is 0 Å². The van der Waals surface area contributed by atoms with Gasteiger partial charge in [-0.3, -0.25) is 0 Å². The highest BCUT2D eigenvalue weighted by Gasteiger charge is 2.05. The fourth-order valence-corrected chi connectivity index (χ4v) is 0.403. The molecule has 0 saturated heterocycles. The second-order valence-electron chi connectivity index (χ2n) is 1.54. The Morgan fingerprint density at radius 1 is 1.78 bits per heavy atom. The standard InChI is InChI=1S/C4H9N3O2/c1-2-3-7(6-9)4(5)8/h2-3H2,1H3,(H2,5,8). The molecule has 0 fully saturated rings. The maximum absolute atomic E-state index is 10.2. The molecule has 0 aliphatic rings. The average Bonchev–Trinajstić information content (AvgIpc) is 1.82. The monoisotopic (exact) mass is 131 g/mol. The summed E-state index contributed by atoms with van der Waals surface area (Å²) in [6, 6.07) is -0.799. The Morgan fingerprint density at radius 2 is 2.33 bits per heavy atom. The van der Waals surface area contributed by atoms with Crippen LogP contribution in [-0.2, 0) is 0 Å². The van der Waals surface area contributed by atoms with Crippen molar-refractivity contribution < 1.29 is 4.79 Å². The van der Waals surface area contributed by atoms with Gasteiger partial charge in [0.2, 0.25) is 0 Å². The van der Waals surface area contributed by atoms with Gasteiger partial charge in [0.1, 0.15) is 0 Å². The molecule has 5 nitrogen and oxygen atoms in total. The molecule has 0 aliphatic carbocycles. The molecule has 2 amide bonds. The molecule has 9 heavy (non-hydrogen) atoms. The number of primary amides is 1. The Labute approximate surface area is 52.8 Å². The number of carbonyl (C=O) groups excluding carboxylic acids is 1. The highest BCUT2D eigenvalue weighted by molar-refractivity contribution is 5.71. The van der Waals surface area contributed by atoms with Crippen LogP contribution in [0, 0.1) is 4.91 Å². The number of nitrogens with two attached hydrogens (primary N) is 1. The van der Waals surface area contributed by atoms with E-state index >= 15 is 0 Å². The third-order valence-corrected chi connectivity index (χ3v) is 0.788. The van der Waals surface area contributed by atoms with E-state index in [4.69, 9.17) is 5.73 Å². The maximum atomic E-state index is 10.2. The van der Waals surface area contributed by atoms with Crippen molar-refractivity contribution in [3.63, 3.8) is 0 Å². The van der Waals surface area contributed by atoms with Crippen molar-refractivity contribution in [2.75, 3.05) is 6.54 Å². The zero-order chi connectivity index (χ0) is 7.28. The van der Waals surface area contributed by atoms with Crippen molar-refractivity contribution in [2.45, 2.75) is 13.3 Å². The number of carbonyl (C=O) groups is 1. The number of hydrogen-bond acceptors (Lipinski definition) is 3. The largest absolute Gasteiger partial charge is 0.350 e. The van der Waals surface area contributed by atoms with Crippen LogP contribution in [0.4, 0.5) is 4.79 Å². The van der Waals surface area contributed by atoms with Crippen LogP contribution in [0.25, 0.3) is 0 Å². The fraction of sp³-hybridized carbons (Fsp3) is 0.750. The van der Waals surface area contributed by atoms with Crippen molar-refractivity contribution in [2.24, 2.45) is 11.0 Å². The van der Waals surface area contributed by atoms with Crippen molar-refractivity contribution >= 4 is 6.03 Å². The van der Waals surface area contributed by atoms with E-state index in [9.17, 15) is 9.70 Å². The highest BCUT2D eigenvalue weighted by atomic mass is 16.3. The molecule has 0 aromatic heterocycles. The summed E-state index contributed by atoms with van der Waals surface area (Å²) < 4.78 is 0. The van der Waals surface area contributed by atoms with E-state index in [1.54, 1.807) is 0 Å². The summed E-state index contributed by atoms with van der Waals surface area (Å²) in [6.45, 7) is 2.11. The van der Waals surface area contributed by atoms with E-state index < -0.39 is 6.03 Å². The molecule has 0 spiro atoms. The third-order valence-electron chi connectivity index (χ3n) is 0.788. The van der Waals surface area contributed by atoms with Crippen LogP contribution in [0.5, 0.6) is 0 Å². The van der Waals surface area contributed by atoms with Gasteiger partial charge < -0.3 is 5.73 Å². The van der Waals surface area contributed by atoms with E-state index in [-0.39, 0.29) is 0 Å². The molecule has 0 aromatic rings. The van der Waals surface area contributed by atoms with Gasteiger partial charge in [-0.15, -0.1) is 4.91 Å². The molecule has 0 unspecified atom stereocenters. The van der Waals surface area contributed by atoms with Crippen LogP contribution >= 0.6 is 0 Å². The Balaban J connectivity index is 3.68. The van der Waals surface area contributed by atoms with Crippen LogP contribution in [0.3, 0.4) is 0 Å². The predicted octanol–water partition coefficient (Wildman–Crippen LogP) is 0.459. The average molecular weight is 131 g/mol. The van der Waals surface area contributed by atoms with Gasteiger partial charge in [0.25, 0.3) is 0 Å². The Hall–Kier alpha value is -1.13. The highest BCUT2D eigenvalue weighted by Crippen LogP contribution is 1.89. The smallest absolute Gasteiger partial charge is 0.337 e. The second kappa shape index (κ2) is 3.82. The van der Waals surface area contributed by atoms with Gasteiger partial charge >= 0.3 is 6.03 Å². The predicted molar refractivity (Wildman–Crippen MR) is 32.4 cm³/mol. The molecule has 0 radical (unpaired) electrons. The number of amides is 2. The van der Waals surface area contributed by atoms with Crippen LogP contribution in [0.1, 0.15) is 13.3 Å². The van der Waals surface area contributed by atoms with E-state index in [1.165, 1.54) is 0 Å². The molecule has 0 atom stereocenters. The summed E-state index contributed by atoms with van der Waals surface area (Å²) in [5, 5.41) is 3.07. The first kappa shape index (κ1) is 7.87. The van der Waals surface area contributed by atoms with Gasteiger partial charge in [0, 0.05) is 6.54 Å². The van der Waals surface area contributed by atoms with Gasteiger partial charge in [-0.2, -0.15) is 5.01 Å². The molecule has 0 saturated carbocycles. The first-order valence-electron chi connectivity index (χ1n) is 2.62. The lowest BCUT2D eigenvalue weighted by molar-refractivity contribution is 0.209. The zero-order valence-electron chi connectivity index (χ0n) is 5.20. The van der Waals surface area contributed by atoms with Gasteiger partial charge in [-0.1, -0.05) is 6.92 Å². The summed E-state index contributed by atoms with van der Waals surface area (Å²) in [7, 11) is 0. The van der Waals surface area contributed by atoms with E-state index in [2.05, 4.69) is 5.29 Å². The normalized spacial score (nSPS) is 8.56. The van der Waals surface area contributed by atoms with Crippen LogP contribution in [-0.4, -0.2) is 17.6 Å². The molecule has 0 bridgehead atoms. The fourth-order valence-electron chi connectivity index (χ4n) is 0.403. The lowest BCUT2D eigenvalue weighted by Gasteiger charge is -2.06. The number of urea groups is 1. The third kappa shape index (κ3) is 2.63. The number of hydrogen-bond donors (Lipinski definition) is 1. The Bertz CT molecular complexity index is 114. The summed E-state index contributed by atoms with van der Waals surface area (Å²) in [5.74, 6) is 0. The quantitative estimate of drug-likeness (QED) is 0.446. The van der Waals surface area contributed by atoms with Crippen LogP contribution in [0.15, 0.2) is 5.29 Å². The minimum Gasteiger partial charge on any atom is -0.350 e. The molecular weight excluding hydrogens is 122 g/mol. The van der Waals surface area contributed by atoms with Gasteiger partial charge in [-0.25, -0.2) is 4.79 Å². The van der Waals surface area contributed by atoms with Crippen molar-refractivity contribution in [1.29, 1.82) is 0 Å². The number of nitroso groups, excluding NO2 is 1. The SMILES string of the molecule is CCCN(N=O)C(N)=O. The lowest BCUT2D eigenvalue weighted by atomic mass is 10.5. The minimum atomic E-state index is -0.799. The molecular formula is C4H9N3O2. The molecule has 0 rings (SSSR count). The van der Waals surface area contributed by atoms with Gasteiger partial charge in [0.05, 0.1) is 5.29 Å². The van der Waals surface area contributed by atoms with E-state index in [0.29, 0.717) is 18.0 Å². The summed E-state index contributed by atoms with van der Waals surface area (Å²) in [6.07, 6.45) is 0.675. The first-order chi connectivity index (χ1) is 4.22. The zero-order valence-corrected chi connectivity index (χ0v) is 5.20. The van der Waals surface area contributed by atoms with Gasteiger partial charge in [-0.05, 0) is 6.42 Å².